The number of hydrogen-bond acceptors (Lipinski definition) is 2. The van der Waals surface area contributed by atoms with Crippen molar-refractivity contribution in [3.8, 4) is 5.75 Å². The van der Waals surface area contributed by atoms with Gasteiger partial charge in [0.2, 0.25) is 0 Å². The van der Waals surface area contributed by atoms with E-state index in [0.717, 1.165) is 18.8 Å². The smallest absolute Gasteiger partial charge is 0.122 e. The van der Waals surface area contributed by atoms with E-state index < -0.39 is 0 Å². The molecule has 1 aliphatic rings. The zero-order valence-corrected chi connectivity index (χ0v) is 10.5. The van der Waals surface area contributed by atoms with Crippen LogP contribution in [0.5, 0.6) is 5.75 Å². The minimum Gasteiger partial charge on any atom is -0.496 e. The number of hydrogen-bond donors (Lipinski definition) is 0. The quantitative estimate of drug-likeness (QED) is 0.776. The molecule has 0 aromatic heterocycles. The van der Waals surface area contributed by atoms with Crippen LogP contribution in [0.3, 0.4) is 0 Å². The van der Waals surface area contributed by atoms with E-state index in [1.54, 1.807) is 7.11 Å². The lowest BCUT2D eigenvalue weighted by atomic mass is 9.86. The third-order valence-electron chi connectivity index (χ3n) is 3.46. The topological polar surface area (TPSA) is 18.5 Å². The molecule has 16 heavy (non-hydrogen) atoms. The normalized spacial score (nSPS) is 24.3. The van der Waals surface area contributed by atoms with Gasteiger partial charge in [-0.05, 0) is 36.1 Å². The fourth-order valence-corrected chi connectivity index (χ4v) is 2.15. The molecule has 2 nitrogen and oxygen atoms in total. The Kier molecular flexibility index (Phi) is 2.94. The Balaban J connectivity index is 2.38. The molecule has 1 unspecified atom stereocenters. The average Bonchev–Trinajstić information content (AvgIpc) is 2.25. The van der Waals surface area contributed by atoms with Crippen molar-refractivity contribution in [2.45, 2.75) is 38.7 Å². The van der Waals surface area contributed by atoms with Crippen molar-refractivity contribution >= 4 is 0 Å². The molecule has 88 valence electrons. The van der Waals surface area contributed by atoms with E-state index in [4.69, 9.17) is 9.47 Å². The molecule has 2 rings (SSSR count). The molecule has 0 saturated carbocycles. The van der Waals surface area contributed by atoms with Gasteiger partial charge in [0.25, 0.3) is 0 Å². The van der Waals surface area contributed by atoms with E-state index in [2.05, 4.69) is 39.0 Å². The highest BCUT2D eigenvalue weighted by Gasteiger charge is 2.35. The number of rotatable bonds is 3. The van der Waals surface area contributed by atoms with Gasteiger partial charge in [-0.2, -0.15) is 0 Å². The molecule has 0 aliphatic carbocycles. The molecule has 1 aromatic rings. The summed E-state index contributed by atoms with van der Waals surface area (Å²) in [5.74, 6) is 1.44. The van der Waals surface area contributed by atoms with Crippen LogP contribution in [-0.4, -0.2) is 13.7 Å². The van der Waals surface area contributed by atoms with E-state index in [-0.39, 0.29) is 5.60 Å². The van der Waals surface area contributed by atoms with Crippen LogP contribution in [-0.2, 0) is 10.3 Å². The monoisotopic (exact) mass is 220 g/mol. The molecule has 0 amide bonds. The van der Waals surface area contributed by atoms with Crippen LogP contribution in [0.4, 0.5) is 0 Å². The van der Waals surface area contributed by atoms with Crippen LogP contribution < -0.4 is 4.74 Å². The maximum Gasteiger partial charge on any atom is 0.122 e. The molecule has 1 fully saturated rings. The summed E-state index contributed by atoms with van der Waals surface area (Å²) in [4.78, 5) is 0. The Morgan fingerprint density at radius 3 is 2.50 bits per heavy atom. The summed E-state index contributed by atoms with van der Waals surface area (Å²) in [7, 11) is 1.72. The first-order valence-corrected chi connectivity index (χ1v) is 5.89. The van der Waals surface area contributed by atoms with E-state index in [9.17, 15) is 0 Å². The Bertz CT molecular complexity index is 378. The molecule has 1 saturated heterocycles. The second-order valence-corrected chi connectivity index (χ2v) is 4.94. The predicted octanol–water partition coefficient (Wildman–Crippen LogP) is 3.45. The van der Waals surface area contributed by atoms with Crippen molar-refractivity contribution in [1.82, 2.24) is 0 Å². The summed E-state index contributed by atoms with van der Waals surface area (Å²) in [6.07, 6.45) is 1.11. The molecule has 1 atom stereocenters. The Morgan fingerprint density at radius 1 is 1.38 bits per heavy atom. The van der Waals surface area contributed by atoms with E-state index >= 15 is 0 Å². The Morgan fingerprint density at radius 2 is 2.06 bits per heavy atom. The first-order chi connectivity index (χ1) is 7.57. The standard InChI is InChI=1S/C14H20O2/c1-10(2)12-9-11(5-6-13(12)15-4)14(3)7-8-16-14/h5-6,9-10H,7-8H2,1-4H3. The van der Waals surface area contributed by atoms with E-state index in [1.165, 1.54) is 11.1 Å². The molecular weight excluding hydrogens is 200 g/mol. The van der Waals surface area contributed by atoms with Gasteiger partial charge < -0.3 is 9.47 Å². The second-order valence-electron chi connectivity index (χ2n) is 4.94. The van der Waals surface area contributed by atoms with Gasteiger partial charge in [-0.25, -0.2) is 0 Å². The highest BCUT2D eigenvalue weighted by Crippen LogP contribution is 2.39. The van der Waals surface area contributed by atoms with Gasteiger partial charge in [0.1, 0.15) is 5.75 Å². The van der Waals surface area contributed by atoms with Crippen molar-refractivity contribution in [2.24, 2.45) is 0 Å². The van der Waals surface area contributed by atoms with Crippen LogP contribution >= 0.6 is 0 Å². The van der Waals surface area contributed by atoms with Gasteiger partial charge in [-0.3, -0.25) is 0 Å². The second kappa shape index (κ2) is 4.10. The summed E-state index contributed by atoms with van der Waals surface area (Å²) in [6, 6.07) is 6.39. The third kappa shape index (κ3) is 1.82. The molecular formula is C14H20O2. The van der Waals surface area contributed by atoms with Crippen LogP contribution in [0.15, 0.2) is 18.2 Å². The van der Waals surface area contributed by atoms with Crippen molar-refractivity contribution in [1.29, 1.82) is 0 Å². The third-order valence-corrected chi connectivity index (χ3v) is 3.46. The fourth-order valence-electron chi connectivity index (χ4n) is 2.15. The predicted molar refractivity (Wildman–Crippen MR) is 65.0 cm³/mol. The highest BCUT2D eigenvalue weighted by atomic mass is 16.5. The van der Waals surface area contributed by atoms with Crippen molar-refractivity contribution < 1.29 is 9.47 Å². The lowest BCUT2D eigenvalue weighted by molar-refractivity contribution is -0.140. The molecule has 0 spiro atoms. The molecule has 1 aliphatic heterocycles. The lowest BCUT2D eigenvalue weighted by Gasteiger charge is -2.39. The number of ether oxygens (including phenoxy) is 2. The van der Waals surface area contributed by atoms with Gasteiger partial charge in [0.15, 0.2) is 0 Å². The molecule has 0 bridgehead atoms. The number of methoxy groups -OCH3 is 1. The van der Waals surface area contributed by atoms with Crippen LogP contribution in [0.2, 0.25) is 0 Å². The molecule has 1 aromatic carbocycles. The SMILES string of the molecule is COc1ccc(C2(C)CCO2)cc1C(C)C. The largest absolute Gasteiger partial charge is 0.496 e. The highest BCUT2D eigenvalue weighted by molar-refractivity contribution is 5.41. The van der Waals surface area contributed by atoms with Crippen molar-refractivity contribution in [3.63, 3.8) is 0 Å². The summed E-state index contributed by atoms with van der Waals surface area (Å²) >= 11 is 0. The maximum atomic E-state index is 5.67. The van der Waals surface area contributed by atoms with Crippen molar-refractivity contribution in [3.05, 3.63) is 29.3 Å². The first kappa shape index (κ1) is 11.5. The number of benzene rings is 1. The summed E-state index contributed by atoms with van der Waals surface area (Å²) in [5, 5.41) is 0. The minimum atomic E-state index is -0.0735. The van der Waals surface area contributed by atoms with E-state index in [0.29, 0.717) is 5.92 Å². The maximum absolute atomic E-state index is 5.67. The van der Waals surface area contributed by atoms with Crippen molar-refractivity contribution in [2.75, 3.05) is 13.7 Å². The first-order valence-electron chi connectivity index (χ1n) is 5.89. The molecule has 2 heteroatoms. The lowest BCUT2D eigenvalue weighted by Crippen LogP contribution is -2.37. The minimum absolute atomic E-state index is 0.0735. The Hall–Kier alpha value is -1.02. The average molecular weight is 220 g/mol. The molecule has 0 radical (unpaired) electrons. The van der Waals surface area contributed by atoms with Gasteiger partial charge in [0.05, 0.1) is 19.3 Å². The van der Waals surface area contributed by atoms with Gasteiger partial charge in [0, 0.05) is 6.42 Å². The van der Waals surface area contributed by atoms with Gasteiger partial charge in [-0.15, -0.1) is 0 Å². The van der Waals surface area contributed by atoms with Gasteiger partial charge >= 0.3 is 0 Å². The summed E-state index contributed by atoms with van der Waals surface area (Å²) in [6.45, 7) is 7.40. The van der Waals surface area contributed by atoms with E-state index in [1.807, 2.05) is 0 Å². The van der Waals surface area contributed by atoms with Gasteiger partial charge in [-0.1, -0.05) is 19.9 Å². The summed E-state index contributed by atoms with van der Waals surface area (Å²) in [5.41, 5.74) is 2.45. The summed E-state index contributed by atoms with van der Waals surface area (Å²) < 4.78 is 11.1. The zero-order valence-electron chi connectivity index (χ0n) is 10.5. The van der Waals surface area contributed by atoms with Crippen LogP contribution in [0, 0.1) is 0 Å². The fraction of sp³-hybridized carbons (Fsp3) is 0.571. The zero-order chi connectivity index (χ0) is 11.8. The van der Waals surface area contributed by atoms with Crippen LogP contribution in [0.1, 0.15) is 44.2 Å². The molecule has 1 heterocycles. The Labute approximate surface area is 97.6 Å². The molecule has 0 N–H and O–H groups in total. The van der Waals surface area contributed by atoms with Crippen LogP contribution in [0.25, 0.3) is 0 Å².